The molecular weight excluding hydrogens is 531 g/mol. The Hall–Kier alpha value is -3.90. The molecule has 3 heterocycles. The number of rotatable bonds is 9. The van der Waals surface area contributed by atoms with Crippen molar-refractivity contribution in [1.29, 1.82) is 0 Å². The molecule has 0 spiro atoms. The Kier molecular flexibility index (Phi) is 8.60. The average Bonchev–Trinajstić information content (AvgIpc) is 2.96. The maximum absolute atomic E-state index is 15.3. The van der Waals surface area contributed by atoms with Crippen LogP contribution in [0.15, 0.2) is 30.3 Å². The minimum Gasteiger partial charge on any atom is -0.465 e. The van der Waals surface area contributed by atoms with Crippen LogP contribution in [-0.4, -0.2) is 104 Å². The molecule has 1 fully saturated rings. The number of methoxy groups -OCH3 is 1. The van der Waals surface area contributed by atoms with Gasteiger partial charge in [0.15, 0.2) is 18.4 Å². The summed E-state index contributed by atoms with van der Waals surface area (Å²) in [7, 11) is 5.46. The lowest BCUT2D eigenvalue weighted by Crippen LogP contribution is -2.49. The molecule has 0 unspecified atom stereocenters. The zero-order valence-corrected chi connectivity index (χ0v) is 24.0. The second-order valence-corrected chi connectivity index (χ2v) is 10.7. The fraction of sp³-hybridized carbons (Fsp3) is 0.483. The summed E-state index contributed by atoms with van der Waals surface area (Å²) in [6, 6.07) is 9.39. The molecular formula is C29H37FN6O5. The first-order valence-electron chi connectivity index (χ1n) is 13.8. The van der Waals surface area contributed by atoms with Gasteiger partial charge in [-0.25, -0.2) is 9.18 Å². The highest BCUT2D eigenvalue weighted by Gasteiger charge is 2.30. The van der Waals surface area contributed by atoms with Gasteiger partial charge in [0.2, 0.25) is 0 Å². The van der Waals surface area contributed by atoms with E-state index in [1.807, 2.05) is 44.1 Å². The van der Waals surface area contributed by atoms with Crippen molar-refractivity contribution in [1.82, 2.24) is 19.8 Å². The van der Waals surface area contributed by atoms with Crippen LogP contribution in [0.3, 0.4) is 0 Å². The van der Waals surface area contributed by atoms with Crippen molar-refractivity contribution in [2.24, 2.45) is 0 Å². The van der Waals surface area contributed by atoms with Gasteiger partial charge in [-0.2, -0.15) is 9.97 Å². The van der Waals surface area contributed by atoms with E-state index in [1.54, 1.807) is 12.1 Å². The number of piperazine rings is 1. The number of hydrogen-bond acceptors (Lipinski definition) is 9. The van der Waals surface area contributed by atoms with Crippen LogP contribution in [-0.2, 0) is 17.7 Å². The summed E-state index contributed by atoms with van der Waals surface area (Å²) in [5.41, 5.74) is 2.71. The predicted molar refractivity (Wildman–Crippen MR) is 154 cm³/mol. The molecule has 2 aliphatic rings. The fourth-order valence-corrected chi connectivity index (χ4v) is 5.53. The lowest BCUT2D eigenvalue weighted by molar-refractivity contribution is 0.0485. The van der Waals surface area contributed by atoms with Crippen LogP contribution < -0.4 is 19.3 Å². The predicted octanol–water partition coefficient (Wildman–Crippen LogP) is 3.44. The van der Waals surface area contributed by atoms with Crippen LogP contribution in [0, 0.1) is 5.82 Å². The lowest BCUT2D eigenvalue weighted by Gasteiger charge is -2.37. The highest BCUT2D eigenvalue weighted by Crippen LogP contribution is 2.38. The Labute approximate surface area is 239 Å². The van der Waals surface area contributed by atoms with E-state index in [4.69, 9.17) is 24.2 Å². The van der Waals surface area contributed by atoms with Gasteiger partial charge in [-0.3, -0.25) is 0 Å². The average molecular weight is 569 g/mol. The Bertz CT molecular complexity index is 1400. The quantitative estimate of drug-likeness (QED) is 0.386. The SMILES string of the molecule is COCOc1cc(N2CCc3c(nc(O[C@H](C)CN(C)C)nc3N3CCN(C(=O)O)CC3)C2)c2ccccc2c1F. The first kappa shape index (κ1) is 28.6. The Morgan fingerprint density at radius 3 is 2.51 bits per heavy atom. The monoisotopic (exact) mass is 568 g/mol. The number of aromatic nitrogens is 2. The number of anilines is 2. The second-order valence-electron chi connectivity index (χ2n) is 10.7. The topological polar surface area (TPSA) is 104 Å². The molecule has 12 heteroatoms. The van der Waals surface area contributed by atoms with Crippen LogP contribution in [0.25, 0.3) is 10.8 Å². The highest BCUT2D eigenvalue weighted by molar-refractivity contribution is 5.96. The molecule has 0 radical (unpaired) electrons. The number of fused-ring (bicyclic) bond motifs is 2. The number of hydrogen-bond donors (Lipinski definition) is 1. The number of likely N-dealkylation sites (N-methyl/N-ethyl adjacent to an activating group) is 1. The molecule has 41 heavy (non-hydrogen) atoms. The van der Waals surface area contributed by atoms with Crippen LogP contribution >= 0.6 is 0 Å². The van der Waals surface area contributed by atoms with Gasteiger partial charge in [0, 0.05) is 74.5 Å². The first-order valence-corrected chi connectivity index (χ1v) is 13.8. The number of amides is 1. The van der Waals surface area contributed by atoms with Crippen molar-refractivity contribution in [3.63, 3.8) is 0 Å². The van der Waals surface area contributed by atoms with Crippen LogP contribution in [0.4, 0.5) is 20.7 Å². The van der Waals surface area contributed by atoms with Crippen molar-refractivity contribution in [3.05, 3.63) is 47.4 Å². The molecule has 5 rings (SSSR count). The van der Waals surface area contributed by atoms with Crippen LogP contribution in [0.5, 0.6) is 11.8 Å². The number of halogens is 1. The van der Waals surface area contributed by atoms with E-state index in [2.05, 4.69) is 9.80 Å². The van der Waals surface area contributed by atoms with Crippen LogP contribution in [0.1, 0.15) is 18.2 Å². The summed E-state index contributed by atoms with van der Waals surface area (Å²) in [6.45, 7) is 5.63. The summed E-state index contributed by atoms with van der Waals surface area (Å²) < 4.78 is 32.1. The smallest absolute Gasteiger partial charge is 0.407 e. The van der Waals surface area contributed by atoms with Crippen molar-refractivity contribution >= 4 is 28.4 Å². The molecule has 220 valence electrons. The normalized spacial score (nSPS) is 16.2. The summed E-state index contributed by atoms with van der Waals surface area (Å²) in [5.74, 6) is 0.502. The lowest BCUT2D eigenvalue weighted by atomic mass is 10.0. The van der Waals surface area contributed by atoms with Crippen LogP contribution in [0.2, 0.25) is 0 Å². The van der Waals surface area contributed by atoms with Gasteiger partial charge in [-0.15, -0.1) is 0 Å². The molecule has 1 atom stereocenters. The molecule has 1 saturated heterocycles. The maximum atomic E-state index is 15.3. The molecule has 1 amide bonds. The molecule has 1 N–H and O–H groups in total. The van der Waals surface area contributed by atoms with Crippen molar-refractivity contribution in [2.45, 2.75) is 26.0 Å². The summed E-state index contributed by atoms with van der Waals surface area (Å²) in [6.07, 6.45) is -0.384. The minimum atomic E-state index is -0.910. The number of carbonyl (C=O) groups is 1. The second kappa shape index (κ2) is 12.3. The zero-order valence-electron chi connectivity index (χ0n) is 24.0. The Morgan fingerprint density at radius 1 is 1.10 bits per heavy atom. The standard InChI is InChI=1S/C29H37FN6O5/c1-19(16-33(2)3)41-28-31-23-17-36(10-9-22(23)27(32-28)34-11-13-35(14-12-34)29(37)38)24-15-25(40-18-39-4)26(30)21-8-6-5-7-20(21)24/h5-8,15,19H,9-14,16-18H2,1-4H3,(H,37,38)/t19-/m1/s1. The van der Waals surface area contributed by atoms with E-state index in [0.29, 0.717) is 63.6 Å². The number of nitrogens with zero attached hydrogens (tertiary/aromatic N) is 6. The van der Waals surface area contributed by atoms with Gasteiger partial charge in [-0.05, 0) is 27.4 Å². The zero-order chi connectivity index (χ0) is 29.1. The van der Waals surface area contributed by atoms with Gasteiger partial charge >= 0.3 is 12.1 Å². The van der Waals surface area contributed by atoms with Gasteiger partial charge in [0.05, 0.1) is 12.2 Å². The molecule has 1 aromatic heterocycles. The third-order valence-electron chi connectivity index (χ3n) is 7.40. The minimum absolute atomic E-state index is 0.0604. The van der Waals surface area contributed by atoms with E-state index in [1.165, 1.54) is 12.0 Å². The third-order valence-corrected chi connectivity index (χ3v) is 7.40. The van der Waals surface area contributed by atoms with E-state index in [9.17, 15) is 9.90 Å². The molecule has 11 nitrogen and oxygen atoms in total. The van der Waals surface area contributed by atoms with Crippen molar-refractivity contribution in [2.75, 3.05) is 77.1 Å². The Balaban J connectivity index is 1.51. The number of benzene rings is 2. The van der Waals surface area contributed by atoms with Gasteiger partial charge in [0.25, 0.3) is 0 Å². The largest absolute Gasteiger partial charge is 0.465 e. The highest BCUT2D eigenvalue weighted by atomic mass is 19.1. The number of carboxylic acid groups (broad SMARTS) is 1. The van der Waals surface area contributed by atoms with Gasteiger partial charge in [0.1, 0.15) is 11.9 Å². The van der Waals surface area contributed by atoms with E-state index >= 15 is 4.39 Å². The first-order chi connectivity index (χ1) is 19.7. The van der Waals surface area contributed by atoms with Crippen molar-refractivity contribution in [3.8, 4) is 11.8 Å². The molecule has 0 aliphatic carbocycles. The van der Waals surface area contributed by atoms with E-state index < -0.39 is 11.9 Å². The summed E-state index contributed by atoms with van der Waals surface area (Å²) in [5, 5.41) is 10.7. The van der Waals surface area contributed by atoms with Crippen molar-refractivity contribution < 1.29 is 28.5 Å². The van der Waals surface area contributed by atoms with Gasteiger partial charge in [-0.1, -0.05) is 24.3 Å². The summed E-state index contributed by atoms with van der Waals surface area (Å²) >= 11 is 0. The van der Waals surface area contributed by atoms with E-state index in [-0.39, 0.29) is 18.6 Å². The molecule has 3 aromatic rings. The maximum Gasteiger partial charge on any atom is 0.407 e. The molecule has 0 saturated carbocycles. The molecule has 0 bridgehead atoms. The molecule has 2 aliphatic heterocycles. The van der Waals surface area contributed by atoms with E-state index in [0.717, 1.165) is 28.1 Å². The third kappa shape index (κ3) is 6.23. The Morgan fingerprint density at radius 2 is 1.83 bits per heavy atom. The summed E-state index contributed by atoms with van der Waals surface area (Å²) in [4.78, 5) is 28.9. The number of ether oxygens (including phenoxy) is 3. The van der Waals surface area contributed by atoms with Gasteiger partial charge < -0.3 is 38.9 Å². The molecule has 2 aromatic carbocycles. The fourth-order valence-electron chi connectivity index (χ4n) is 5.53.